The molecule has 0 saturated carbocycles. The van der Waals surface area contributed by atoms with Crippen molar-refractivity contribution in [3.8, 4) is 0 Å². The number of fused-ring (bicyclic) bond motifs is 1. The lowest BCUT2D eigenvalue weighted by atomic mass is 9.90. The molecular weight excluding hydrogens is 420 g/mol. The molecule has 2 amide bonds. The van der Waals surface area contributed by atoms with Crippen LogP contribution in [0.2, 0.25) is 5.02 Å². The highest BCUT2D eigenvalue weighted by Gasteiger charge is 2.32. The smallest absolute Gasteiger partial charge is 0.240 e. The highest BCUT2D eigenvalue weighted by molar-refractivity contribution is 8.15. The zero-order chi connectivity index (χ0) is 21.1. The molecule has 1 heterocycles. The second-order valence-corrected chi connectivity index (χ2v) is 8.87. The van der Waals surface area contributed by atoms with Crippen LogP contribution in [-0.4, -0.2) is 27.9 Å². The molecule has 1 aliphatic heterocycles. The first-order valence-corrected chi connectivity index (χ1v) is 11.0. The Hall–Kier alpha value is -2.64. The lowest BCUT2D eigenvalue weighted by molar-refractivity contribution is -0.122. The SMILES string of the molecule is Cc1ccc(NC(=O)C[C@@H]2S/C(=N/N=C3/CCCc4ccccc43)NC2=O)cc1Cl. The molecule has 8 heteroatoms. The average molecular weight is 441 g/mol. The van der Waals surface area contributed by atoms with E-state index in [1.54, 1.807) is 12.1 Å². The molecule has 1 atom stereocenters. The Morgan fingerprint density at radius 1 is 1.23 bits per heavy atom. The summed E-state index contributed by atoms with van der Waals surface area (Å²) in [7, 11) is 0. The van der Waals surface area contributed by atoms with Crippen LogP contribution in [0.3, 0.4) is 0 Å². The minimum atomic E-state index is -0.538. The first-order valence-electron chi connectivity index (χ1n) is 9.76. The Kier molecular flexibility index (Phi) is 6.20. The number of carbonyl (C=O) groups excluding carboxylic acids is 2. The summed E-state index contributed by atoms with van der Waals surface area (Å²) in [6.07, 6.45) is 2.98. The van der Waals surface area contributed by atoms with Gasteiger partial charge in [0, 0.05) is 22.7 Å². The van der Waals surface area contributed by atoms with E-state index in [0.29, 0.717) is 15.9 Å². The number of nitrogens with one attached hydrogen (secondary N) is 2. The fourth-order valence-electron chi connectivity index (χ4n) is 3.45. The van der Waals surface area contributed by atoms with Crippen LogP contribution in [-0.2, 0) is 16.0 Å². The number of amides is 2. The zero-order valence-electron chi connectivity index (χ0n) is 16.4. The Bertz CT molecular complexity index is 1070. The molecule has 30 heavy (non-hydrogen) atoms. The summed E-state index contributed by atoms with van der Waals surface area (Å²) in [4.78, 5) is 24.6. The number of anilines is 1. The molecule has 2 aromatic carbocycles. The van der Waals surface area contributed by atoms with Crippen molar-refractivity contribution in [3.63, 3.8) is 0 Å². The van der Waals surface area contributed by atoms with Gasteiger partial charge >= 0.3 is 0 Å². The van der Waals surface area contributed by atoms with Gasteiger partial charge in [0.2, 0.25) is 11.8 Å². The maximum absolute atomic E-state index is 12.3. The third kappa shape index (κ3) is 4.74. The van der Waals surface area contributed by atoms with Crippen LogP contribution < -0.4 is 10.6 Å². The molecule has 2 aromatic rings. The van der Waals surface area contributed by atoms with Crippen molar-refractivity contribution in [1.29, 1.82) is 0 Å². The van der Waals surface area contributed by atoms with E-state index < -0.39 is 5.25 Å². The number of halogens is 1. The molecule has 1 fully saturated rings. The van der Waals surface area contributed by atoms with Gasteiger partial charge < -0.3 is 10.6 Å². The van der Waals surface area contributed by atoms with Crippen LogP contribution in [0.4, 0.5) is 5.69 Å². The average Bonchev–Trinajstić information content (AvgIpc) is 3.08. The number of hydrogen-bond acceptors (Lipinski definition) is 5. The van der Waals surface area contributed by atoms with Crippen molar-refractivity contribution in [2.24, 2.45) is 10.2 Å². The Labute approximate surface area is 184 Å². The van der Waals surface area contributed by atoms with Gasteiger partial charge in [-0.25, -0.2) is 0 Å². The molecular formula is C22H21ClN4O2S. The number of aryl methyl sites for hydroxylation is 2. The summed E-state index contributed by atoms with van der Waals surface area (Å²) >= 11 is 7.32. The summed E-state index contributed by atoms with van der Waals surface area (Å²) in [6.45, 7) is 1.89. The summed E-state index contributed by atoms with van der Waals surface area (Å²) in [5.41, 5.74) is 4.86. The maximum Gasteiger partial charge on any atom is 0.240 e. The molecule has 0 spiro atoms. The number of thioether (sulfide) groups is 1. The van der Waals surface area contributed by atoms with Gasteiger partial charge in [0.15, 0.2) is 5.17 Å². The van der Waals surface area contributed by atoms with E-state index in [4.69, 9.17) is 11.6 Å². The summed E-state index contributed by atoms with van der Waals surface area (Å²) < 4.78 is 0. The highest BCUT2D eigenvalue weighted by Crippen LogP contribution is 2.26. The minimum absolute atomic E-state index is 0.0421. The van der Waals surface area contributed by atoms with Gasteiger partial charge in [-0.1, -0.05) is 53.7 Å². The maximum atomic E-state index is 12.3. The summed E-state index contributed by atoms with van der Waals surface area (Å²) in [6, 6.07) is 13.5. The predicted molar refractivity (Wildman–Crippen MR) is 122 cm³/mol. The lowest BCUT2D eigenvalue weighted by Crippen LogP contribution is -2.28. The molecule has 0 aromatic heterocycles. The lowest BCUT2D eigenvalue weighted by Gasteiger charge is -2.16. The first-order chi connectivity index (χ1) is 14.5. The Morgan fingerprint density at radius 2 is 2.07 bits per heavy atom. The van der Waals surface area contributed by atoms with Crippen LogP contribution in [0, 0.1) is 6.92 Å². The third-order valence-electron chi connectivity index (χ3n) is 5.05. The molecule has 1 aliphatic carbocycles. The molecule has 2 N–H and O–H groups in total. The summed E-state index contributed by atoms with van der Waals surface area (Å²) in [5, 5.41) is 14.6. The first kappa shape index (κ1) is 20.6. The van der Waals surface area contributed by atoms with Crippen molar-refractivity contribution in [3.05, 3.63) is 64.2 Å². The number of amidine groups is 1. The topological polar surface area (TPSA) is 82.9 Å². The van der Waals surface area contributed by atoms with Crippen molar-refractivity contribution in [2.45, 2.75) is 37.9 Å². The highest BCUT2D eigenvalue weighted by atomic mass is 35.5. The van der Waals surface area contributed by atoms with Gasteiger partial charge in [-0.15, -0.1) is 5.10 Å². The molecule has 0 radical (unpaired) electrons. The van der Waals surface area contributed by atoms with E-state index in [2.05, 4.69) is 33.0 Å². The molecule has 1 saturated heterocycles. The Morgan fingerprint density at radius 3 is 2.90 bits per heavy atom. The van der Waals surface area contributed by atoms with Gasteiger partial charge in [-0.05, 0) is 49.4 Å². The monoisotopic (exact) mass is 440 g/mol. The molecule has 6 nitrogen and oxygen atoms in total. The van der Waals surface area contributed by atoms with E-state index >= 15 is 0 Å². The normalized spacial score (nSPS) is 20.9. The van der Waals surface area contributed by atoms with E-state index in [-0.39, 0.29) is 18.2 Å². The second-order valence-electron chi connectivity index (χ2n) is 7.27. The Balaban J connectivity index is 1.39. The van der Waals surface area contributed by atoms with Gasteiger partial charge in [0.1, 0.15) is 5.25 Å². The van der Waals surface area contributed by atoms with Crippen molar-refractivity contribution < 1.29 is 9.59 Å². The molecule has 0 unspecified atom stereocenters. The van der Waals surface area contributed by atoms with Crippen molar-refractivity contribution in [1.82, 2.24) is 5.32 Å². The van der Waals surface area contributed by atoms with Crippen molar-refractivity contribution >= 4 is 51.7 Å². The van der Waals surface area contributed by atoms with Gasteiger partial charge in [0.05, 0.1) is 5.71 Å². The largest absolute Gasteiger partial charge is 0.326 e. The molecule has 0 bridgehead atoms. The molecule has 2 aliphatic rings. The van der Waals surface area contributed by atoms with Crippen LogP contribution in [0.15, 0.2) is 52.7 Å². The van der Waals surface area contributed by atoms with E-state index in [9.17, 15) is 9.59 Å². The van der Waals surface area contributed by atoms with E-state index in [1.807, 2.05) is 25.1 Å². The van der Waals surface area contributed by atoms with Crippen LogP contribution in [0.1, 0.15) is 36.0 Å². The minimum Gasteiger partial charge on any atom is -0.326 e. The van der Waals surface area contributed by atoms with Crippen LogP contribution in [0.5, 0.6) is 0 Å². The molecule has 4 rings (SSSR count). The fourth-order valence-corrected chi connectivity index (χ4v) is 4.55. The van der Waals surface area contributed by atoms with Gasteiger partial charge in [-0.3, -0.25) is 9.59 Å². The number of hydrogen-bond donors (Lipinski definition) is 2. The van der Waals surface area contributed by atoms with Crippen LogP contribution in [0.25, 0.3) is 0 Å². The quantitative estimate of drug-likeness (QED) is 0.695. The zero-order valence-corrected chi connectivity index (χ0v) is 18.0. The predicted octanol–water partition coefficient (Wildman–Crippen LogP) is 4.31. The van der Waals surface area contributed by atoms with Gasteiger partial charge in [-0.2, -0.15) is 5.10 Å². The summed E-state index contributed by atoms with van der Waals surface area (Å²) in [5.74, 6) is -0.489. The second kappa shape index (κ2) is 9.02. The van der Waals surface area contributed by atoms with Crippen LogP contribution >= 0.6 is 23.4 Å². The number of nitrogens with zero attached hydrogens (tertiary/aromatic N) is 2. The number of rotatable bonds is 4. The fraction of sp³-hybridized carbons (Fsp3) is 0.273. The number of carbonyl (C=O) groups is 2. The van der Waals surface area contributed by atoms with E-state index in [1.165, 1.54) is 17.3 Å². The third-order valence-corrected chi connectivity index (χ3v) is 6.53. The number of benzene rings is 2. The van der Waals surface area contributed by atoms with Gasteiger partial charge in [0.25, 0.3) is 0 Å². The standard InChI is InChI=1S/C22H21ClN4O2S/c1-13-9-10-15(11-17(13)23)24-20(28)12-19-21(29)25-22(30-19)27-26-18-8-4-6-14-5-2-3-7-16(14)18/h2-3,5,7,9-11,19H,4,6,8,12H2,1H3,(H,24,28)(H,25,27,29)/b26-18-/t19-/m0/s1. The van der Waals surface area contributed by atoms with Crippen molar-refractivity contribution in [2.75, 3.05) is 5.32 Å². The molecule has 154 valence electrons. The van der Waals surface area contributed by atoms with E-state index in [0.717, 1.165) is 36.1 Å².